The van der Waals surface area contributed by atoms with Crippen LogP contribution in [0, 0.1) is 0 Å². The lowest BCUT2D eigenvalue weighted by molar-refractivity contribution is -0.131. The van der Waals surface area contributed by atoms with Gasteiger partial charge in [-0.1, -0.05) is 34.1 Å². The van der Waals surface area contributed by atoms with Gasteiger partial charge in [0.05, 0.1) is 17.0 Å². The molecule has 0 aromatic heterocycles. The fourth-order valence-electron chi connectivity index (χ4n) is 1.76. The van der Waals surface area contributed by atoms with E-state index in [1.807, 2.05) is 0 Å². The molecule has 5 nitrogen and oxygen atoms in total. The number of hydrogen-bond acceptors (Lipinski definition) is 4. The summed E-state index contributed by atoms with van der Waals surface area (Å²) < 4.78 is 4.99. The SMILES string of the molecule is CCOC(=O)c1c(/C=C/C(=O)O)cccc1C(Br)C(C)=O. The third kappa shape index (κ3) is 4.53. The van der Waals surface area contributed by atoms with E-state index in [0.29, 0.717) is 11.1 Å². The van der Waals surface area contributed by atoms with Crippen molar-refractivity contribution in [1.82, 2.24) is 0 Å². The van der Waals surface area contributed by atoms with Crippen molar-refractivity contribution < 1.29 is 24.2 Å². The lowest BCUT2D eigenvalue weighted by atomic mass is 9.97. The first kappa shape index (κ1) is 17.1. The van der Waals surface area contributed by atoms with Gasteiger partial charge in [-0.25, -0.2) is 9.59 Å². The number of rotatable bonds is 6. The number of carbonyl (C=O) groups excluding carboxylic acids is 2. The van der Waals surface area contributed by atoms with Gasteiger partial charge in [-0.15, -0.1) is 0 Å². The molecule has 1 N–H and O–H groups in total. The Morgan fingerprint density at radius 2 is 2.05 bits per heavy atom. The molecule has 112 valence electrons. The topological polar surface area (TPSA) is 80.7 Å². The molecule has 0 heterocycles. The van der Waals surface area contributed by atoms with E-state index in [2.05, 4.69) is 15.9 Å². The van der Waals surface area contributed by atoms with Crippen LogP contribution >= 0.6 is 15.9 Å². The number of aliphatic carboxylic acids is 1. The van der Waals surface area contributed by atoms with Crippen LogP contribution in [0.4, 0.5) is 0 Å². The highest BCUT2D eigenvalue weighted by Gasteiger charge is 2.23. The molecule has 0 radical (unpaired) electrons. The first-order valence-corrected chi connectivity index (χ1v) is 7.15. The van der Waals surface area contributed by atoms with E-state index in [-0.39, 0.29) is 18.0 Å². The summed E-state index contributed by atoms with van der Waals surface area (Å²) in [6.45, 7) is 3.25. The third-order valence-corrected chi connectivity index (χ3v) is 3.78. The number of halogens is 1. The number of carbonyl (C=O) groups is 3. The zero-order valence-corrected chi connectivity index (χ0v) is 13.2. The van der Waals surface area contributed by atoms with Gasteiger partial charge in [0.15, 0.2) is 0 Å². The van der Waals surface area contributed by atoms with Crippen LogP contribution in [0.2, 0.25) is 0 Å². The lowest BCUT2D eigenvalue weighted by Gasteiger charge is -2.14. The van der Waals surface area contributed by atoms with Crippen LogP contribution in [-0.4, -0.2) is 29.4 Å². The Labute approximate surface area is 130 Å². The number of Topliss-reactive ketones (excluding diaryl/α,β-unsaturated/α-hetero) is 1. The fourth-order valence-corrected chi connectivity index (χ4v) is 2.14. The van der Waals surface area contributed by atoms with E-state index < -0.39 is 16.8 Å². The minimum Gasteiger partial charge on any atom is -0.478 e. The van der Waals surface area contributed by atoms with E-state index in [9.17, 15) is 14.4 Å². The van der Waals surface area contributed by atoms with Gasteiger partial charge >= 0.3 is 11.9 Å². The van der Waals surface area contributed by atoms with Gasteiger partial charge in [0, 0.05) is 6.08 Å². The molecular weight excluding hydrogens is 340 g/mol. The monoisotopic (exact) mass is 354 g/mol. The number of alkyl halides is 1. The average molecular weight is 355 g/mol. The minimum absolute atomic E-state index is 0.167. The molecule has 1 rings (SSSR count). The molecule has 0 aliphatic carbocycles. The van der Waals surface area contributed by atoms with Crippen LogP contribution in [-0.2, 0) is 14.3 Å². The van der Waals surface area contributed by atoms with Crippen molar-refractivity contribution in [1.29, 1.82) is 0 Å². The molecule has 1 aromatic carbocycles. The highest BCUT2D eigenvalue weighted by molar-refractivity contribution is 9.09. The van der Waals surface area contributed by atoms with Crippen molar-refractivity contribution in [3.8, 4) is 0 Å². The summed E-state index contributed by atoms with van der Waals surface area (Å²) in [5.41, 5.74) is 1.03. The van der Waals surface area contributed by atoms with Crippen LogP contribution in [0.25, 0.3) is 6.08 Å². The van der Waals surface area contributed by atoms with Crippen molar-refractivity contribution in [2.75, 3.05) is 6.61 Å². The van der Waals surface area contributed by atoms with Gasteiger partial charge < -0.3 is 9.84 Å². The van der Waals surface area contributed by atoms with Crippen LogP contribution in [0.3, 0.4) is 0 Å². The van der Waals surface area contributed by atoms with E-state index >= 15 is 0 Å². The van der Waals surface area contributed by atoms with Crippen molar-refractivity contribution in [2.45, 2.75) is 18.7 Å². The number of ether oxygens (including phenoxy) is 1. The van der Waals surface area contributed by atoms with E-state index in [1.54, 1.807) is 25.1 Å². The second-order valence-electron chi connectivity index (χ2n) is 4.18. The normalized spacial score (nSPS) is 12.1. The molecule has 0 saturated heterocycles. The van der Waals surface area contributed by atoms with E-state index in [1.165, 1.54) is 13.0 Å². The molecule has 0 aliphatic rings. The molecule has 0 bridgehead atoms. The van der Waals surface area contributed by atoms with Crippen molar-refractivity contribution in [3.63, 3.8) is 0 Å². The molecule has 0 aliphatic heterocycles. The Kier molecular flexibility index (Phi) is 6.30. The molecule has 21 heavy (non-hydrogen) atoms. The summed E-state index contributed by atoms with van der Waals surface area (Å²) in [6, 6.07) is 4.87. The Hall–Kier alpha value is -1.95. The molecule has 0 saturated carbocycles. The fraction of sp³-hybridized carbons (Fsp3) is 0.267. The lowest BCUT2D eigenvalue weighted by Crippen LogP contribution is -2.13. The van der Waals surface area contributed by atoms with E-state index in [4.69, 9.17) is 9.84 Å². The number of hydrogen-bond donors (Lipinski definition) is 1. The summed E-state index contributed by atoms with van der Waals surface area (Å²) in [7, 11) is 0. The Morgan fingerprint density at radius 1 is 1.38 bits per heavy atom. The molecule has 0 amide bonds. The largest absolute Gasteiger partial charge is 0.478 e. The van der Waals surface area contributed by atoms with Gasteiger partial charge in [-0.05, 0) is 31.1 Å². The van der Waals surface area contributed by atoms with Crippen LogP contribution in [0.15, 0.2) is 24.3 Å². The number of ketones is 1. The standard InChI is InChI=1S/C15H15BrO5/c1-3-21-15(20)13-10(7-8-12(18)19)5-4-6-11(13)14(16)9(2)17/h4-8,14H,3H2,1-2H3,(H,18,19)/b8-7+. The number of benzene rings is 1. The first-order chi connectivity index (χ1) is 9.88. The smallest absolute Gasteiger partial charge is 0.339 e. The molecule has 1 aromatic rings. The van der Waals surface area contributed by atoms with E-state index in [0.717, 1.165) is 6.08 Å². The van der Waals surface area contributed by atoms with Crippen LogP contribution in [0.5, 0.6) is 0 Å². The third-order valence-electron chi connectivity index (χ3n) is 2.64. The predicted molar refractivity (Wildman–Crippen MR) is 81.4 cm³/mol. The number of esters is 1. The molecular formula is C15H15BrO5. The Bertz CT molecular complexity index is 592. The summed E-state index contributed by atoms with van der Waals surface area (Å²) >= 11 is 3.24. The molecule has 0 fully saturated rings. The van der Waals surface area contributed by atoms with Crippen molar-refractivity contribution in [3.05, 3.63) is 41.0 Å². The highest BCUT2D eigenvalue weighted by atomic mass is 79.9. The van der Waals surface area contributed by atoms with Gasteiger partial charge in [0.1, 0.15) is 5.78 Å². The molecule has 1 unspecified atom stereocenters. The van der Waals surface area contributed by atoms with Gasteiger partial charge in [-0.2, -0.15) is 0 Å². The second kappa shape index (κ2) is 7.73. The first-order valence-electron chi connectivity index (χ1n) is 6.24. The molecule has 0 spiro atoms. The summed E-state index contributed by atoms with van der Waals surface area (Å²) in [4.78, 5) is 33.6. The molecule has 1 atom stereocenters. The van der Waals surface area contributed by atoms with Crippen molar-refractivity contribution in [2.24, 2.45) is 0 Å². The molecule has 6 heteroatoms. The Balaban J connectivity index is 3.43. The average Bonchev–Trinajstić information content (AvgIpc) is 2.43. The summed E-state index contributed by atoms with van der Waals surface area (Å²) in [5, 5.41) is 8.71. The zero-order valence-electron chi connectivity index (χ0n) is 11.6. The quantitative estimate of drug-likeness (QED) is 0.482. The number of carboxylic acid groups (broad SMARTS) is 1. The maximum Gasteiger partial charge on any atom is 0.339 e. The van der Waals surface area contributed by atoms with Crippen LogP contribution < -0.4 is 0 Å². The van der Waals surface area contributed by atoms with Gasteiger partial charge in [-0.3, -0.25) is 4.79 Å². The van der Waals surface area contributed by atoms with Crippen molar-refractivity contribution >= 4 is 39.7 Å². The van der Waals surface area contributed by atoms with Gasteiger partial charge in [0.2, 0.25) is 0 Å². The van der Waals surface area contributed by atoms with Gasteiger partial charge in [0.25, 0.3) is 0 Å². The maximum absolute atomic E-state index is 12.1. The highest BCUT2D eigenvalue weighted by Crippen LogP contribution is 2.30. The number of carboxylic acids is 1. The minimum atomic E-state index is -1.13. The Morgan fingerprint density at radius 3 is 2.57 bits per heavy atom. The second-order valence-corrected chi connectivity index (χ2v) is 5.09. The summed E-state index contributed by atoms with van der Waals surface area (Å²) in [6.07, 6.45) is 2.23. The van der Waals surface area contributed by atoms with Crippen LogP contribution in [0.1, 0.15) is 40.2 Å². The summed E-state index contributed by atoms with van der Waals surface area (Å²) in [5.74, 6) is -1.89. The maximum atomic E-state index is 12.1. The zero-order chi connectivity index (χ0) is 16.0. The predicted octanol–water partition coefficient (Wildman–Crippen LogP) is 2.99.